The van der Waals surface area contributed by atoms with Crippen molar-refractivity contribution in [1.29, 1.82) is 0 Å². The van der Waals surface area contributed by atoms with Crippen molar-refractivity contribution in [2.24, 2.45) is 5.41 Å². The molecular formula is C18H24O4. The average Bonchev–Trinajstić information content (AvgIpc) is 2.32. The molecular weight excluding hydrogens is 280 g/mol. The Kier molecular flexibility index (Phi) is 4.86. The number of carbonyl (C=O) groups is 2. The zero-order valence-corrected chi connectivity index (χ0v) is 14.0. The smallest absolute Gasteiger partial charge is 0.336 e. The zero-order chi connectivity index (χ0) is 17.3. The van der Waals surface area contributed by atoms with E-state index in [9.17, 15) is 19.8 Å². The van der Waals surface area contributed by atoms with Gasteiger partial charge in [0.15, 0.2) is 0 Å². The summed E-state index contributed by atoms with van der Waals surface area (Å²) >= 11 is 0. The lowest BCUT2D eigenvalue weighted by atomic mass is 9.82. The molecule has 1 aromatic rings. The maximum atomic E-state index is 11.5. The largest absolute Gasteiger partial charge is 0.478 e. The summed E-state index contributed by atoms with van der Waals surface area (Å²) in [6.45, 7) is 11.5. The van der Waals surface area contributed by atoms with Gasteiger partial charge in [0.2, 0.25) is 0 Å². The highest BCUT2D eigenvalue weighted by atomic mass is 16.4. The van der Waals surface area contributed by atoms with E-state index in [-0.39, 0.29) is 16.6 Å². The summed E-state index contributed by atoms with van der Waals surface area (Å²) < 4.78 is 0. The van der Waals surface area contributed by atoms with Crippen LogP contribution in [0.2, 0.25) is 0 Å². The quantitative estimate of drug-likeness (QED) is 0.821. The number of benzene rings is 1. The Labute approximate surface area is 131 Å². The molecule has 22 heavy (non-hydrogen) atoms. The van der Waals surface area contributed by atoms with Crippen LogP contribution in [-0.2, 0) is 10.2 Å². The van der Waals surface area contributed by atoms with Crippen molar-refractivity contribution < 1.29 is 19.8 Å². The lowest BCUT2D eigenvalue weighted by molar-refractivity contribution is -0.133. The monoisotopic (exact) mass is 304 g/mol. The molecule has 0 aliphatic rings. The second kappa shape index (κ2) is 5.95. The molecule has 4 nitrogen and oxygen atoms in total. The maximum absolute atomic E-state index is 11.5. The number of hydrogen-bond donors (Lipinski definition) is 2. The molecule has 2 N–H and O–H groups in total. The molecule has 0 saturated carbocycles. The molecule has 0 spiro atoms. The Hall–Kier alpha value is -2.10. The Morgan fingerprint density at radius 2 is 1.55 bits per heavy atom. The number of carboxylic acid groups (broad SMARTS) is 2. The predicted octanol–water partition coefficient (Wildman–Crippen LogP) is 4.20. The number of aliphatic carboxylic acids is 1. The van der Waals surface area contributed by atoms with Crippen molar-refractivity contribution in [3.63, 3.8) is 0 Å². The third-order valence-corrected chi connectivity index (χ3v) is 3.49. The van der Waals surface area contributed by atoms with Crippen molar-refractivity contribution in [3.8, 4) is 0 Å². The van der Waals surface area contributed by atoms with Crippen LogP contribution in [0.25, 0.3) is 6.08 Å². The topological polar surface area (TPSA) is 74.6 Å². The van der Waals surface area contributed by atoms with Crippen LogP contribution in [0.3, 0.4) is 0 Å². The number of rotatable bonds is 3. The van der Waals surface area contributed by atoms with Gasteiger partial charge in [0.05, 0.1) is 5.56 Å². The molecule has 0 saturated heterocycles. The molecule has 0 atom stereocenters. The van der Waals surface area contributed by atoms with Crippen molar-refractivity contribution in [1.82, 2.24) is 0 Å². The van der Waals surface area contributed by atoms with Gasteiger partial charge in [-0.1, -0.05) is 53.7 Å². The first-order valence-electron chi connectivity index (χ1n) is 7.17. The third kappa shape index (κ3) is 4.20. The molecule has 120 valence electrons. The highest BCUT2D eigenvalue weighted by Crippen LogP contribution is 2.30. The van der Waals surface area contributed by atoms with Crippen LogP contribution >= 0.6 is 0 Å². The van der Waals surface area contributed by atoms with Crippen molar-refractivity contribution >= 4 is 18.0 Å². The SMILES string of the molecule is CC(C)(C)C(=Cc1cc(C(C)(C)C)ccc1C(=O)O)C(=O)O. The molecule has 0 radical (unpaired) electrons. The number of aromatic carboxylic acids is 1. The van der Waals surface area contributed by atoms with Crippen LogP contribution < -0.4 is 0 Å². The molecule has 0 fully saturated rings. The minimum atomic E-state index is -1.06. The number of hydrogen-bond acceptors (Lipinski definition) is 2. The molecule has 1 aromatic carbocycles. The Morgan fingerprint density at radius 1 is 1.00 bits per heavy atom. The zero-order valence-electron chi connectivity index (χ0n) is 14.0. The van der Waals surface area contributed by atoms with Gasteiger partial charge >= 0.3 is 11.9 Å². The van der Waals surface area contributed by atoms with E-state index in [2.05, 4.69) is 0 Å². The highest BCUT2D eigenvalue weighted by Gasteiger charge is 2.25. The van der Waals surface area contributed by atoms with Gasteiger partial charge in [-0.05, 0) is 34.1 Å². The van der Waals surface area contributed by atoms with Gasteiger partial charge in [0, 0.05) is 5.57 Å². The van der Waals surface area contributed by atoms with Gasteiger partial charge < -0.3 is 10.2 Å². The lowest BCUT2D eigenvalue weighted by Crippen LogP contribution is -2.18. The van der Waals surface area contributed by atoms with Crippen molar-refractivity contribution in [2.45, 2.75) is 47.0 Å². The summed E-state index contributed by atoms with van der Waals surface area (Å²) in [6.07, 6.45) is 1.47. The summed E-state index contributed by atoms with van der Waals surface area (Å²) in [5, 5.41) is 18.8. The molecule has 0 amide bonds. The van der Waals surface area contributed by atoms with Gasteiger partial charge in [-0.25, -0.2) is 9.59 Å². The molecule has 0 aliphatic heterocycles. The molecule has 0 heterocycles. The first-order chi connectivity index (χ1) is 9.84. The van der Waals surface area contributed by atoms with Crippen LogP contribution in [0.15, 0.2) is 23.8 Å². The van der Waals surface area contributed by atoms with Gasteiger partial charge in [0.1, 0.15) is 0 Å². The standard InChI is InChI=1S/C18H24O4/c1-17(2,3)12-7-8-13(15(19)20)11(9-12)10-14(16(21)22)18(4,5)6/h7-10H,1-6H3,(H,19,20)(H,21,22). The van der Waals surface area contributed by atoms with E-state index < -0.39 is 17.4 Å². The number of carboxylic acids is 2. The van der Waals surface area contributed by atoms with E-state index >= 15 is 0 Å². The van der Waals surface area contributed by atoms with Crippen LogP contribution in [0, 0.1) is 5.41 Å². The Morgan fingerprint density at radius 3 is 1.91 bits per heavy atom. The van der Waals surface area contributed by atoms with E-state index in [4.69, 9.17) is 0 Å². The third-order valence-electron chi connectivity index (χ3n) is 3.49. The molecule has 0 aromatic heterocycles. The Bertz CT molecular complexity index is 625. The summed E-state index contributed by atoms with van der Waals surface area (Å²) in [5.41, 5.74) is 0.941. The van der Waals surface area contributed by atoms with E-state index in [1.165, 1.54) is 12.1 Å². The van der Waals surface area contributed by atoms with Crippen LogP contribution in [0.4, 0.5) is 0 Å². The van der Waals surface area contributed by atoms with E-state index in [1.807, 2.05) is 20.8 Å². The Balaban J connectivity index is 3.61. The minimum Gasteiger partial charge on any atom is -0.478 e. The van der Waals surface area contributed by atoms with Gasteiger partial charge in [-0.3, -0.25) is 0 Å². The highest BCUT2D eigenvalue weighted by molar-refractivity contribution is 5.98. The molecule has 0 unspecified atom stereocenters. The fourth-order valence-corrected chi connectivity index (χ4v) is 2.10. The van der Waals surface area contributed by atoms with Crippen molar-refractivity contribution in [3.05, 3.63) is 40.5 Å². The van der Waals surface area contributed by atoms with Gasteiger partial charge in [0.25, 0.3) is 0 Å². The second-order valence-electron chi connectivity index (χ2n) is 7.47. The van der Waals surface area contributed by atoms with E-state index in [0.29, 0.717) is 5.56 Å². The first-order valence-corrected chi connectivity index (χ1v) is 7.17. The lowest BCUT2D eigenvalue weighted by Gasteiger charge is -2.22. The summed E-state index contributed by atoms with van der Waals surface area (Å²) in [4.78, 5) is 22.9. The summed E-state index contributed by atoms with van der Waals surface area (Å²) in [7, 11) is 0. The fourth-order valence-electron chi connectivity index (χ4n) is 2.10. The second-order valence-corrected chi connectivity index (χ2v) is 7.47. The normalized spacial score (nSPS) is 13.1. The van der Waals surface area contributed by atoms with Crippen LogP contribution in [-0.4, -0.2) is 22.2 Å². The minimum absolute atomic E-state index is 0.107. The van der Waals surface area contributed by atoms with Gasteiger partial charge in [-0.15, -0.1) is 0 Å². The summed E-state index contributed by atoms with van der Waals surface area (Å²) in [5.74, 6) is -2.10. The predicted molar refractivity (Wildman–Crippen MR) is 87.2 cm³/mol. The van der Waals surface area contributed by atoms with Crippen LogP contribution in [0.5, 0.6) is 0 Å². The molecule has 0 bridgehead atoms. The van der Waals surface area contributed by atoms with Crippen LogP contribution in [0.1, 0.15) is 63.0 Å². The van der Waals surface area contributed by atoms with E-state index in [0.717, 1.165) is 5.56 Å². The molecule has 4 heteroatoms. The maximum Gasteiger partial charge on any atom is 0.336 e. The molecule has 0 aliphatic carbocycles. The van der Waals surface area contributed by atoms with Crippen molar-refractivity contribution in [2.75, 3.05) is 0 Å². The first kappa shape index (κ1) is 18.0. The van der Waals surface area contributed by atoms with Gasteiger partial charge in [-0.2, -0.15) is 0 Å². The average molecular weight is 304 g/mol. The fraction of sp³-hybridized carbons (Fsp3) is 0.444. The molecule has 1 rings (SSSR count). The summed E-state index contributed by atoms with van der Waals surface area (Å²) in [6, 6.07) is 5.08. The van der Waals surface area contributed by atoms with E-state index in [1.54, 1.807) is 32.9 Å².